The summed E-state index contributed by atoms with van der Waals surface area (Å²) in [5.74, 6) is 1.01. The summed E-state index contributed by atoms with van der Waals surface area (Å²) in [6.07, 6.45) is 2.68. The topological polar surface area (TPSA) is 42.1 Å². The fourth-order valence-corrected chi connectivity index (χ4v) is 1.34. The monoisotopic (exact) mass is 179 g/mol. The number of hydrogen-bond acceptors (Lipinski definition) is 3. The van der Waals surface area contributed by atoms with E-state index in [9.17, 15) is 0 Å². The highest BCUT2D eigenvalue weighted by molar-refractivity contribution is 5.45. The van der Waals surface area contributed by atoms with Crippen LogP contribution in [0.25, 0.3) is 0 Å². The van der Waals surface area contributed by atoms with E-state index in [-0.39, 0.29) is 6.04 Å². The fourth-order valence-electron chi connectivity index (χ4n) is 1.34. The van der Waals surface area contributed by atoms with Crippen LogP contribution in [0, 0.1) is 0 Å². The van der Waals surface area contributed by atoms with E-state index in [4.69, 9.17) is 5.73 Å². The lowest BCUT2D eigenvalue weighted by Gasteiger charge is -2.16. The van der Waals surface area contributed by atoms with E-state index < -0.39 is 0 Å². The molecule has 2 N–H and O–H groups in total. The average Bonchev–Trinajstić information content (AvgIpc) is 2.03. The summed E-state index contributed by atoms with van der Waals surface area (Å²) in [6, 6.07) is 4.21. The zero-order valence-corrected chi connectivity index (χ0v) is 8.49. The van der Waals surface area contributed by atoms with Gasteiger partial charge >= 0.3 is 0 Å². The molecule has 0 aliphatic carbocycles. The third-order valence-electron chi connectivity index (χ3n) is 1.83. The molecule has 0 amide bonds. The van der Waals surface area contributed by atoms with Gasteiger partial charge in [0.05, 0.1) is 0 Å². The van der Waals surface area contributed by atoms with Crippen molar-refractivity contribution in [2.45, 2.75) is 19.4 Å². The van der Waals surface area contributed by atoms with Crippen LogP contribution in [0.15, 0.2) is 18.3 Å². The molecule has 1 rings (SSSR count). The van der Waals surface area contributed by atoms with Crippen molar-refractivity contribution in [2.24, 2.45) is 5.73 Å². The molecular formula is C10H17N3. The van der Waals surface area contributed by atoms with Gasteiger partial charge in [-0.15, -0.1) is 0 Å². The van der Waals surface area contributed by atoms with Gasteiger partial charge in [-0.1, -0.05) is 6.07 Å². The van der Waals surface area contributed by atoms with Crippen LogP contribution in [-0.2, 0) is 6.42 Å². The maximum atomic E-state index is 5.75. The Balaban J connectivity index is 2.91. The zero-order valence-electron chi connectivity index (χ0n) is 8.49. The van der Waals surface area contributed by atoms with Crippen molar-refractivity contribution in [1.82, 2.24) is 4.98 Å². The molecule has 1 aromatic rings. The first-order chi connectivity index (χ1) is 6.11. The van der Waals surface area contributed by atoms with Gasteiger partial charge in [0.15, 0.2) is 0 Å². The van der Waals surface area contributed by atoms with Crippen LogP contribution >= 0.6 is 0 Å². The van der Waals surface area contributed by atoms with Crippen molar-refractivity contribution in [2.75, 3.05) is 19.0 Å². The van der Waals surface area contributed by atoms with Crippen molar-refractivity contribution in [3.63, 3.8) is 0 Å². The maximum Gasteiger partial charge on any atom is 0.131 e. The quantitative estimate of drug-likeness (QED) is 0.753. The number of nitrogens with zero attached hydrogens (tertiary/aromatic N) is 2. The molecule has 72 valence electrons. The second kappa shape index (κ2) is 4.23. The number of pyridine rings is 1. The average molecular weight is 179 g/mol. The van der Waals surface area contributed by atoms with E-state index in [0.29, 0.717) is 0 Å². The molecule has 0 bridgehead atoms. The molecule has 13 heavy (non-hydrogen) atoms. The molecule has 0 aliphatic heterocycles. The predicted octanol–water partition coefficient (Wildman–Crippen LogP) is 1.04. The Labute approximate surface area is 79.6 Å². The van der Waals surface area contributed by atoms with E-state index in [0.717, 1.165) is 12.2 Å². The van der Waals surface area contributed by atoms with Gasteiger partial charge in [0, 0.05) is 26.3 Å². The lowest BCUT2D eigenvalue weighted by atomic mass is 10.1. The molecule has 0 aliphatic rings. The molecular weight excluding hydrogens is 162 g/mol. The smallest absolute Gasteiger partial charge is 0.131 e. The van der Waals surface area contributed by atoms with Crippen LogP contribution in [-0.4, -0.2) is 25.1 Å². The van der Waals surface area contributed by atoms with E-state index in [1.807, 2.05) is 32.0 Å². The van der Waals surface area contributed by atoms with Gasteiger partial charge in [0.1, 0.15) is 5.82 Å². The van der Waals surface area contributed by atoms with Gasteiger partial charge in [-0.3, -0.25) is 0 Å². The Bertz CT molecular complexity index is 269. The van der Waals surface area contributed by atoms with Gasteiger partial charge in [0.25, 0.3) is 0 Å². The first-order valence-corrected chi connectivity index (χ1v) is 4.48. The second-order valence-electron chi connectivity index (χ2n) is 3.56. The Morgan fingerprint density at radius 1 is 1.54 bits per heavy atom. The van der Waals surface area contributed by atoms with Crippen LogP contribution < -0.4 is 10.6 Å². The number of anilines is 1. The van der Waals surface area contributed by atoms with Crippen LogP contribution in [0.3, 0.4) is 0 Å². The lowest BCUT2D eigenvalue weighted by Crippen LogP contribution is -2.21. The summed E-state index contributed by atoms with van der Waals surface area (Å²) in [6.45, 7) is 2.01. The minimum Gasteiger partial charge on any atom is -0.363 e. The zero-order chi connectivity index (χ0) is 9.84. The number of nitrogens with two attached hydrogens (primary N) is 1. The molecule has 0 radical (unpaired) electrons. The molecule has 0 aromatic carbocycles. The Kier molecular flexibility index (Phi) is 3.25. The molecule has 1 heterocycles. The Hall–Kier alpha value is -1.09. The van der Waals surface area contributed by atoms with E-state index in [1.165, 1.54) is 5.56 Å². The van der Waals surface area contributed by atoms with Crippen molar-refractivity contribution in [3.8, 4) is 0 Å². The molecule has 0 saturated carbocycles. The minimum absolute atomic E-state index is 0.183. The van der Waals surface area contributed by atoms with Gasteiger partial charge in [-0.2, -0.15) is 0 Å². The summed E-state index contributed by atoms with van der Waals surface area (Å²) < 4.78 is 0. The minimum atomic E-state index is 0.183. The van der Waals surface area contributed by atoms with Gasteiger partial charge in [0.2, 0.25) is 0 Å². The van der Waals surface area contributed by atoms with Crippen molar-refractivity contribution < 1.29 is 0 Å². The highest BCUT2D eigenvalue weighted by Gasteiger charge is 2.06. The van der Waals surface area contributed by atoms with E-state index in [1.54, 1.807) is 6.20 Å². The number of aromatic nitrogens is 1. The summed E-state index contributed by atoms with van der Waals surface area (Å²) >= 11 is 0. The molecule has 0 spiro atoms. The molecule has 0 unspecified atom stereocenters. The lowest BCUT2D eigenvalue weighted by molar-refractivity contribution is 0.734. The maximum absolute atomic E-state index is 5.75. The van der Waals surface area contributed by atoms with Gasteiger partial charge in [-0.25, -0.2) is 4.98 Å². The second-order valence-corrected chi connectivity index (χ2v) is 3.56. The first-order valence-electron chi connectivity index (χ1n) is 4.48. The predicted molar refractivity (Wildman–Crippen MR) is 55.9 cm³/mol. The third-order valence-corrected chi connectivity index (χ3v) is 1.83. The Morgan fingerprint density at radius 2 is 2.23 bits per heavy atom. The Morgan fingerprint density at radius 3 is 2.77 bits per heavy atom. The summed E-state index contributed by atoms with van der Waals surface area (Å²) in [5, 5.41) is 0. The molecule has 0 fully saturated rings. The van der Waals surface area contributed by atoms with Crippen molar-refractivity contribution in [3.05, 3.63) is 23.9 Å². The van der Waals surface area contributed by atoms with Crippen LogP contribution in [0.1, 0.15) is 12.5 Å². The summed E-state index contributed by atoms with van der Waals surface area (Å²) in [7, 11) is 3.99. The first kappa shape index (κ1) is 9.99. The normalized spacial score (nSPS) is 12.6. The van der Waals surface area contributed by atoms with E-state index >= 15 is 0 Å². The fraction of sp³-hybridized carbons (Fsp3) is 0.500. The molecule has 1 atom stereocenters. The van der Waals surface area contributed by atoms with E-state index in [2.05, 4.69) is 11.1 Å². The number of hydrogen-bond donors (Lipinski definition) is 1. The van der Waals surface area contributed by atoms with Crippen LogP contribution in [0.2, 0.25) is 0 Å². The largest absolute Gasteiger partial charge is 0.363 e. The van der Waals surface area contributed by atoms with Crippen molar-refractivity contribution >= 4 is 5.82 Å². The molecule has 3 heteroatoms. The molecule has 0 saturated heterocycles. The van der Waals surface area contributed by atoms with Gasteiger partial charge < -0.3 is 10.6 Å². The van der Waals surface area contributed by atoms with Crippen LogP contribution in [0.4, 0.5) is 5.82 Å². The molecule has 3 nitrogen and oxygen atoms in total. The highest BCUT2D eigenvalue weighted by atomic mass is 15.1. The molecule has 1 aromatic heterocycles. The SMILES string of the molecule is C[C@H](N)Cc1cccnc1N(C)C. The summed E-state index contributed by atoms with van der Waals surface area (Å²) in [5.41, 5.74) is 6.96. The number of rotatable bonds is 3. The van der Waals surface area contributed by atoms with Gasteiger partial charge in [-0.05, 0) is 25.0 Å². The third kappa shape index (κ3) is 2.70. The van der Waals surface area contributed by atoms with Crippen LogP contribution in [0.5, 0.6) is 0 Å². The van der Waals surface area contributed by atoms with Crippen molar-refractivity contribution in [1.29, 1.82) is 0 Å². The standard InChI is InChI=1S/C10H17N3/c1-8(11)7-9-5-4-6-12-10(9)13(2)3/h4-6,8H,7,11H2,1-3H3/t8-/m0/s1. The highest BCUT2D eigenvalue weighted by Crippen LogP contribution is 2.15. The summed E-state index contributed by atoms with van der Waals surface area (Å²) in [4.78, 5) is 6.31.